The first kappa shape index (κ1) is 17.3. The van der Waals surface area contributed by atoms with Crippen molar-refractivity contribution in [3.8, 4) is 17.6 Å². The first-order valence-corrected chi connectivity index (χ1v) is 8.78. The first-order chi connectivity index (χ1) is 11.8. The lowest BCUT2D eigenvalue weighted by Crippen LogP contribution is -2.15. The Kier molecular flexibility index (Phi) is 4.41. The number of hydrogen-bond donors (Lipinski definition) is 1. The van der Waals surface area contributed by atoms with Crippen LogP contribution in [-0.4, -0.2) is 24.3 Å². The van der Waals surface area contributed by atoms with Crippen molar-refractivity contribution >= 4 is 9.84 Å². The zero-order valence-electron chi connectivity index (χ0n) is 12.7. The predicted octanol–water partition coefficient (Wildman–Crippen LogP) is 2.72. The smallest absolute Gasteiger partial charge is 0.341 e. The molecule has 0 aliphatic heterocycles. The molecule has 0 fully saturated rings. The van der Waals surface area contributed by atoms with E-state index in [1.807, 2.05) is 6.07 Å². The number of ether oxygens (including phenoxy) is 1. The average molecular weight is 366 g/mol. The Bertz CT molecular complexity index is 971. The molecule has 1 N–H and O–H groups in total. The van der Waals surface area contributed by atoms with Gasteiger partial charge in [0, 0.05) is 23.4 Å². The van der Waals surface area contributed by atoms with Crippen LogP contribution in [0, 0.1) is 11.3 Å². The summed E-state index contributed by atoms with van der Waals surface area (Å²) >= 11 is 0. The maximum atomic E-state index is 12.9. The number of nitrogens with zero attached hydrogens (tertiary/aromatic N) is 2. The SMILES string of the molecule is N#Cc1cncc(Oc2ccc(S(=O)(=O)C(F)F)c3c2CCC3O)c1. The van der Waals surface area contributed by atoms with Gasteiger partial charge in [0.2, 0.25) is 9.84 Å². The van der Waals surface area contributed by atoms with Crippen LogP contribution in [0.15, 0.2) is 35.5 Å². The molecule has 1 heterocycles. The van der Waals surface area contributed by atoms with Crippen molar-refractivity contribution in [2.45, 2.75) is 29.6 Å². The highest BCUT2D eigenvalue weighted by atomic mass is 32.2. The Labute approximate surface area is 142 Å². The predicted molar refractivity (Wildman–Crippen MR) is 81.9 cm³/mol. The first-order valence-electron chi connectivity index (χ1n) is 7.23. The zero-order valence-corrected chi connectivity index (χ0v) is 13.5. The largest absolute Gasteiger partial charge is 0.455 e. The summed E-state index contributed by atoms with van der Waals surface area (Å²) < 4.78 is 55.1. The lowest BCUT2D eigenvalue weighted by molar-refractivity contribution is 0.176. The van der Waals surface area contributed by atoms with E-state index in [4.69, 9.17) is 10.00 Å². The van der Waals surface area contributed by atoms with E-state index in [2.05, 4.69) is 4.98 Å². The maximum absolute atomic E-state index is 12.9. The molecule has 3 rings (SSSR count). The van der Waals surface area contributed by atoms with Crippen molar-refractivity contribution in [3.63, 3.8) is 0 Å². The molecule has 1 aliphatic carbocycles. The van der Waals surface area contributed by atoms with Crippen LogP contribution < -0.4 is 4.74 Å². The molecule has 6 nitrogen and oxygen atoms in total. The Hall–Kier alpha value is -2.57. The van der Waals surface area contributed by atoms with E-state index in [-0.39, 0.29) is 35.5 Å². The molecule has 1 aliphatic rings. The number of pyridine rings is 1. The third kappa shape index (κ3) is 3.06. The summed E-state index contributed by atoms with van der Waals surface area (Å²) in [6.07, 6.45) is 2.04. The quantitative estimate of drug-likeness (QED) is 0.893. The van der Waals surface area contributed by atoms with Gasteiger partial charge in [-0.25, -0.2) is 8.42 Å². The third-order valence-electron chi connectivity index (χ3n) is 3.89. The molecule has 2 aromatic rings. The van der Waals surface area contributed by atoms with Gasteiger partial charge in [0.15, 0.2) is 0 Å². The van der Waals surface area contributed by atoms with Crippen LogP contribution in [0.3, 0.4) is 0 Å². The fourth-order valence-electron chi connectivity index (χ4n) is 2.77. The number of alkyl halides is 2. The van der Waals surface area contributed by atoms with E-state index in [0.29, 0.717) is 5.56 Å². The number of aliphatic hydroxyl groups excluding tert-OH is 1. The lowest BCUT2D eigenvalue weighted by atomic mass is 10.1. The topological polar surface area (TPSA) is 100 Å². The Morgan fingerprint density at radius 2 is 2.12 bits per heavy atom. The number of rotatable bonds is 4. The molecular weight excluding hydrogens is 354 g/mol. The van der Waals surface area contributed by atoms with Crippen molar-refractivity contribution in [2.24, 2.45) is 0 Å². The fraction of sp³-hybridized carbons (Fsp3) is 0.250. The second-order valence-corrected chi connectivity index (χ2v) is 7.32. The van der Waals surface area contributed by atoms with E-state index in [1.54, 1.807) is 0 Å². The minimum absolute atomic E-state index is 0.0535. The van der Waals surface area contributed by atoms with Gasteiger partial charge in [0.1, 0.15) is 17.6 Å². The van der Waals surface area contributed by atoms with Gasteiger partial charge in [-0.1, -0.05) is 0 Å². The summed E-state index contributed by atoms with van der Waals surface area (Å²) in [5.74, 6) is -3.10. The van der Waals surface area contributed by atoms with Crippen molar-refractivity contribution in [3.05, 3.63) is 47.3 Å². The number of aliphatic hydroxyl groups is 1. The standard InChI is InChI=1S/C16H12F2N2O4S/c17-16(18)25(22,23)14-4-3-13(11-1-2-12(21)15(11)14)24-10-5-9(6-19)7-20-8-10/h3-5,7-8,12,16,21H,1-2H2. The summed E-state index contributed by atoms with van der Waals surface area (Å²) in [5.41, 5.74) is 0.574. The average Bonchev–Trinajstić information content (AvgIpc) is 2.97. The van der Waals surface area contributed by atoms with E-state index >= 15 is 0 Å². The highest BCUT2D eigenvalue weighted by molar-refractivity contribution is 7.91. The fourth-order valence-corrected chi connectivity index (χ4v) is 3.79. The number of fused-ring (bicyclic) bond motifs is 1. The van der Waals surface area contributed by atoms with Gasteiger partial charge in [-0.05, 0) is 25.0 Å². The van der Waals surface area contributed by atoms with Gasteiger partial charge in [-0.15, -0.1) is 0 Å². The lowest BCUT2D eigenvalue weighted by Gasteiger charge is -2.15. The van der Waals surface area contributed by atoms with Gasteiger partial charge in [0.25, 0.3) is 0 Å². The Balaban J connectivity index is 2.08. The normalized spacial score (nSPS) is 16.5. The molecular formula is C16H12F2N2O4S. The van der Waals surface area contributed by atoms with Crippen molar-refractivity contribution in [1.82, 2.24) is 4.98 Å². The van der Waals surface area contributed by atoms with Crippen molar-refractivity contribution < 1.29 is 27.0 Å². The van der Waals surface area contributed by atoms with E-state index in [1.165, 1.54) is 24.5 Å². The second kappa shape index (κ2) is 6.38. The monoisotopic (exact) mass is 366 g/mol. The van der Waals surface area contributed by atoms with Crippen LogP contribution in [0.25, 0.3) is 0 Å². The van der Waals surface area contributed by atoms with Gasteiger partial charge in [-0.3, -0.25) is 4.98 Å². The third-order valence-corrected chi connectivity index (χ3v) is 5.32. The minimum atomic E-state index is -4.84. The van der Waals surface area contributed by atoms with Crippen molar-refractivity contribution in [2.75, 3.05) is 0 Å². The molecule has 0 saturated carbocycles. The highest BCUT2D eigenvalue weighted by Gasteiger charge is 2.36. The second-order valence-electron chi connectivity index (χ2n) is 5.44. The van der Waals surface area contributed by atoms with Gasteiger partial charge in [-0.2, -0.15) is 14.0 Å². The zero-order chi connectivity index (χ0) is 18.2. The van der Waals surface area contributed by atoms with E-state index < -0.39 is 26.6 Å². The summed E-state index contributed by atoms with van der Waals surface area (Å²) in [6, 6.07) is 5.62. The molecule has 25 heavy (non-hydrogen) atoms. The molecule has 0 amide bonds. The van der Waals surface area contributed by atoms with E-state index in [9.17, 15) is 22.3 Å². The molecule has 0 saturated heterocycles. The molecule has 130 valence electrons. The summed E-state index contributed by atoms with van der Waals surface area (Å²) in [5, 5.41) is 18.9. The van der Waals surface area contributed by atoms with Gasteiger partial charge < -0.3 is 9.84 Å². The molecule has 9 heteroatoms. The van der Waals surface area contributed by atoms with Crippen LogP contribution in [-0.2, 0) is 16.3 Å². The van der Waals surface area contributed by atoms with Gasteiger partial charge in [0.05, 0.1) is 22.8 Å². The van der Waals surface area contributed by atoms with Crippen LogP contribution >= 0.6 is 0 Å². The Morgan fingerprint density at radius 3 is 2.80 bits per heavy atom. The number of aromatic nitrogens is 1. The molecule has 0 radical (unpaired) electrons. The van der Waals surface area contributed by atoms with Crippen LogP contribution in [0.2, 0.25) is 0 Å². The number of sulfone groups is 1. The minimum Gasteiger partial charge on any atom is -0.455 e. The van der Waals surface area contributed by atoms with Crippen molar-refractivity contribution in [1.29, 1.82) is 5.26 Å². The number of hydrogen-bond acceptors (Lipinski definition) is 6. The number of nitriles is 1. The number of benzene rings is 1. The van der Waals surface area contributed by atoms with Gasteiger partial charge >= 0.3 is 5.76 Å². The summed E-state index contributed by atoms with van der Waals surface area (Å²) in [6.45, 7) is 0. The molecule has 1 unspecified atom stereocenters. The van der Waals surface area contributed by atoms with E-state index in [0.717, 1.165) is 6.07 Å². The molecule has 0 bridgehead atoms. The Morgan fingerprint density at radius 1 is 1.36 bits per heavy atom. The molecule has 1 aromatic heterocycles. The maximum Gasteiger partial charge on any atom is 0.341 e. The highest BCUT2D eigenvalue weighted by Crippen LogP contribution is 2.43. The van der Waals surface area contributed by atoms with Crippen LogP contribution in [0.4, 0.5) is 8.78 Å². The molecule has 1 atom stereocenters. The summed E-state index contributed by atoms with van der Waals surface area (Å²) in [4.78, 5) is 3.26. The van der Waals surface area contributed by atoms with Crippen LogP contribution in [0.1, 0.15) is 29.2 Å². The van der Waals surface area contributed by atoms with Crippen LogP contribution in [0.5, 0.6) is 11.5 Å². The molecule has 1 aromatic carbocycles. The molecule has 0 spiro atoms. The summed E-state index contributed by atoms with van der Waals surface area (Å²) in [7, 11) is -4.84. The number of halogens is 2.